The molecule has 0 aliphatic heterocycles. The Hall–Kier alpha value is -0.830. The lowest BCUT2D eigenvalue weighted by molar-refractivity contribution is 0.274. The van der Waals surface area contributed by atoms with Crippen LogP contribution >= 0.6 is 0 Å². The Balaban J connectivity index is 2.54. The monoisotopic (exact) mass is 223 g/mol. The number of hydrogen-bond acceptors (Lipinski definition) is 2. The molecule has 0 aliphatic rings. The Morgan fingerprint density at radius 2 is 2.06 bits per heavy atom. The normalized spacial score (nSPS) is 12.1. The maximum Gasteiger partial charge on any atom is 0.0596 e. The highest BCUT2D eigenvalue weighted by Crippen LogP contribution is 2.18. The zero-order valence-corrected chi connectivity index (χ0v) is 11.3. The Morgan fingerprint density at radius 3 is 2.56 bits per heavy atom. The van der Waals surface area contributed by atoms with Crippen LogP contribution in [0.4, 0.5) is 0 Å². The maximum absolute atomic E-state index is 4.51. The van der Waals surface area contributed by atoms with Gasteiger partial charge in [-0.05, 0) is 38.3 Å². The van der Waals surface area contributed by atoms with Gasteiger partial charge in [-0.2, -0.15) is 5.10 Å². The average molecular weight is 223 g/mol. The molecule has 1 rings (SSSR count). The Bertz CT molecular complexity index is 326. The first kappa shape index (κ1) is 13.2. The van der Waals surface area contributed by atoms with Gasteiger partial charge in [-0.3, -0.25) is 4.68 Å². The van der Waals surface area contributed by atoms with Gasteiger partial charge in [0.1, 0.15) is 0 Å². The van der Waals surface area contributed by atoms with E-state index in [0.29, 0.717) is 0 Å². The molecule has 3 nitrogen and oxygen atoms in total. The first-order valence-electron chi connectivity index (χ1n) is 6.16. The van der Waals surface area contributed by atoms with Gasteiger partial charge >= 0.3 is 0 Å². The van der Waals surface area contributed by atoms with Crippen LogP contribution in [-0.2, 0) is 6.54 Å². The zero-order chi connectivity index (χ0) is 12.2. The lowest BCUT2D eigenvalue weighted by Gasteiger charge is -2.25. The summed E-state index contributed by atoms with van der Waals surface area (Å²) in [7, 11) is 0. The first-order valence-corrected chi connectivity index (χ1v) is 6.16. The molecule has 1 N–H and O–H groups in total. The number of rotatable bonds is 6. The summed E-state index contributed by atoms with van der Waals surface area (Å²) in [5, 5.41) is 7.99. The molecule has 0 saturated carbocycles. The minimum Gasteiger partial charge on any atom is -0.316 e. The predicted molar refractivity (Wildman–Crippen MR) is 68.6 cm³/mol. The number of aromatic nitrogens is 2. The van der Waals surface area contributed by atoms with E-state index in [0.717, 1.165) is 25.3 Å². The third-order valence-electron chi connectivity index (χ3n) is 2.71. The number of nitrogens with zero attached hydrogens (tertiary/aromatic N) is 2. The van der Waals surface area contributed by atoms with Crippen LogP contribution in [0.1, 0.15) is 38.6 Å². The van der Waals surface area contributed by atoms with Gasteiger partial charge in [-0.1, -0.05) is 20.8 Å². The first-order chi connectivity index (χ1) is 7.44. The van der Waals surface area contributed by atoms with Crippen molar-refractivity contribution in [2.75, 3.05) is 13.1 Å². The lowest BCUT2D eigenvalue weighted by atomic mass is 9.93. The molecule has 0 saturated heterocycles. The van der Waals surface area contributed by atoms with E-state index in [1.807, 2.05) is 6.92 Å². The summed E-state index contributed by atoms with van der Waals surface area (Å²) in [4.78, 5) is 0. The van der Waals surface area contributed by atoms with Crippen LogP contribution in [0.3, 0.4) is 0 Å². The van der Waals surface area contributed by atoms with E-state index in [9.17, 15) is 0 Å². The fraction of sp³-hybridized carbons (Fsp3) is 0.769. The summed E-state index contributed by atoms with van der Waals surface area (Å²) in [6.45, 7) is 14.0. The molecule has 1 heterocycles. The molecule has 0 atom stereocenters. The van der Waals surface area contributed by atoms with Crippen molar-refractivity contribution in [3.63, 3.8) is 0 Å². The molecule has 0 bridgehead atoms. The second-order valence-electron chi connectivity index (χ2n) is 5.43. The van der Waals surface area contributed by atoms with Gasteiger partial charge in [-0.25, -0.2) is 0 Å². The summed E-state index contributed by atoms with van der Waals surface area (Å²) >= 11 is 0. The van der Waals surface area contributed by atoms with Crippen molar-refractivity contribution in [3.8, 4) is 0 Å². The molecular weight excluding hydrogens is 198 g/mol. The summed E-state index contributed by atoms with van der Waals surface area (Å²) in [5.74, 6) is 0. The van der Waals surface area contributed by atoms with Gasteiger partial charge in [0, 0.05) is 18.8 Å². The second-order valence-corrected chi connectivity index (χ2v) is 5.43. The van der Waals surface area contributed by atoms with Crippen molar-refractivity contribution in [1.29, 1.82) is 0 Å². The molecule has 1 aromatic rings. The number of hydrogen-bond donors (Lipinski definition) is 1. The summed E-state index contributed by atoms with van der Waals surface area (Å²) in [5.41, 5.74) is 2.61. The highest BCUT2D eigenvalue weighted by Gasteiger charge is 2.19. The predicted octanol–water partition coefficient (Wildman–Crippen LogP) is 2.53. The highest BCUT2D eigenvalue weighted by atomic mass is 15.3. The lowest BCUT2D eigenvalue weighted by Crippen LogP contribution is -2.34. The van der Waals surface area contributed by atoms with Crippen molar-refractivity contribution >= 4 is 0 Å². The van der Waals surface area contributed by atoms with Gasteiger partial charge in [0.05, 0.1) is 5.69 Å². The Morgan fingerprint density at radius 1 is 1.38 bits per heavy atom. The summed E-state index contributed by atoms with van der Waals surface area (Å²) < 4.78 is 2.11. The topological polar surface area (TPSA) is 29.9 Å². The van der Waals surface area contributed by atoms with Gasteiger partial charge in [-0.15, -0.1) is 0 Å². The van der Waals surface area contributed by atoms with Gasteiger partial charge in [0.2, 0.25) is 0 Å². The van der Waals surface area contributed by atoms with Crippen LogP contribution in [0.25, 0.3) is 0 Å². The third kappa shape index (κ3) is 3.97. The fourth-order valence-corrected chi connectivity index (χ4v) is 1.90. The van der Waals surface area contributed by atoms with Gasteiger partial charge in [0.25, 0.3) is 0 Å². The molecule has 3 heteroatoms. The van der Waals surface area contributed by atoms with Crippen molar-refractivity contribution in [2.24, 2.45) is 5.41 Å². The molecule has 0 unspecified atom stereocenters. The molecule has 0 spiro atoms. The molecule has 1 aromatic heterocycles. The van der Waals surface area contributed by atoms with Crippen molar-refractivity contribution in [2.45, 2.75) is 47.6 Å². The van der Waals surface area contributed by atoms with Crippen molar-refractivity contribution in [3.05, 3.63) is 17.5 Å². The molecule has 0 radical (unpaired) electrons. The average Bonchev–Trinajstić information content (AvgIpc) is 2.44. The van der Waals surface area contributed by atoms with E-state index in [2.05, 4.69) is 48.9 Å². The van der Waals surface area contributed by atoms with Crippen LogP contribution in [-0.4, -0.2) is 22.9 Å². The standard InChI is InChI=1S/C13H25N3/c1-6-7-14-9-13(4,5)10-16-12(3)8-11(2)15-16/h8,14H,6-7,9-10H2,1-5H3. The van der Waals surface area contributed by atoms with E-state index >= 15 is 0 Å². The molecule has 0 fully saturated rings. The quantitative estimate of drug-likeness (QED) is 0.751. The number of nitrogens with one attached hydrogen (secondary N) is 1. The highest BCUT2D eigenvalue weighted by molar-refractivity contribution is 5.06. The smallest absolute Gasteiger partial charge is 0.0596 e. The largest absolute Gasteiger partial charge is 0.316 e. The van der Waals surface area contributed by atoms with E-state index in [1.165, 1.54) is 12.1 Å². The van der Waals surface area contributed by atoms with Crippen LogP contribution in [0.5, 0.6) is 0 Å². The van der Waals surface area contributed by atoms with E-state index < -0.39 is 0 Å². The van der Waals surface area contributed by atoms with Crippen LogP contribution < -0.4 is 5.32 Å². The van der Waals surface area contributed by atoms with Gasteiger partial charge < -0.3 is 5.32 Å². The third-order valence-corrected chi connectivity index (χ3v) is 2.71. The van der Waals surface area contributed by atoms with Crippen LogP contribution in [0.15, 0.2) is 6.07 Å². The maximum atomic E-state index is 4.51. The Labute approximate surface area is 99.2 Å². The Kier molecular flexibility index (Phi) is 4.54. The van der Waals surface area contributed by atoms with Crippen molar-refractivity contribution in [1.82, 2.24) is 15.1 Å². The number of aryl methyl sites for hydroxylation is 2. The van der Waals surface area contributed by atoms with Crippen LogP contribution in [0, 0.1) is 19.3 Å². The van der Waals surface area contributed by atoms with E-state index in [4.69, 9.17) is 0 Å². The molecule has 0 aliphatic carbocycles. The summed E-state index contributed by atoms with van der Waals surface area (Å²) in [6.07, 6.45) is 1.19. The molecule has 16 heavy (non-hydrogen) atoms. The second kappa shape index (κ2) is 5.48. The minimum atomic E-state index is 0.248. The van der Waals surface area contributed by atoms with Gasteiger partial charge in [0.15, 0.2) is 0 Å². The zero-order valence-electron chi connectivity index (χ0n) is 11.3. The van der Waals surface area contributed by atoms with Crippen molar-refractivity contribution < 1.29 is 0 Å². The molecule has 0 aromatic carbocycles. The molecule has 0 amide bonds. The van der Waals surface area contributed by atoms with E-state index in [1.54, 1.807) is 0 Å². The SMILES string of the molecule is CCCNCC(C)(C)Cn1nc(C)cc1C. The minimum absolute atomic E-state index is 0.248. The molecule has 92 valence electrons. The summed E-state index contributed by atoms with van der Waals surface area (Å²) in [6, 6.07) is 2.13. The molecular formula is C13H25N3. The van der Waals surface area contributed by atoms with Crippen LogP contribution in [0.2, 0.25) is 0 Å². The van der Waals surface area contributed by atoms with E-state index in [-0.39, 0.29) is 5.41 Å². The fourth-order valence-electron chi connectivity index (χ4n) is 1.90.